The highest BCUT2D eigenvalue weighted by Crippen LogP contribution is 2.24. The average Bonchev–Trinajstić information content (AvgIpc) is 3.31. The van der Waals surface area contributed by atoms with E-state index in [-0.39, 0.29) is 11.5 Å². The van der Waals surface area contributed by atoms with Crippen molar-refractivity contribution in [1.29, 1.82) is 0 Å². The minimum atomic E-state index is -0.705. The SMILES string of the molecule is CCc1nn(C(CC)C(=O)NCc2ccc(OC)cc2)c(=O)c2cc3oc(C)cc3n12. The third kappa shape index (κ3) is 3.69. The van der Waals surface area contributed by atoms with Crippen molar-refractivity contribution < 1.29 is 13.9 Å². The van der Waals surface area contributed by atoms with E-state index in [4.69, 9.17) is 9.15 Å². The second-order valence-corrected chi connectivity index (χ2v) is 7.48. The fourth-order valence-corrected chi connectivity index (χ4v) is 3.84. The number of hydrogen-bond acceptors (Lipinski definition) is 5. The maximum atomic E-state index is 13.2. The molecule has 0 bridgehead atoms. The highest BCUT2D eigenvalue weighted by Gasteiger charge is 2.24. The predicted octanol–water partition coefficient (Wildman–Crippen LogP) is 3.39. The first-order chi connectivity index (χ1) is 15.0. The largest absolute Gasteiger partial charge is 0.497 e. The van der Waals surface area contributed by atoms with E-state index in [9.17, 15) is 9.59 Å². The number of carbonyl (C=O) groups is 1. The fourth-order valence-electron chi connectivity index (χ4n) is 3.84. The highest BCUT2D eigenvalue weighted by atomic mass is 16.5. The van der Waals surface area contributed by atoms with Crippen molar-refractivity contribution in [3.8, 4) is 5.75 Å². The van der Waals surface area contributed by atoms with Crippen LogP contribution in [-0.2, 0) is 17.8 Å². The summed E-state index contributed by atoms with van der Waals surface area (Å²) in [5.74, 6) is 1.98. The van der Waals surface area contributed by atoms with Gasteiger partial charge in [0.05, 0.1) is 12.6 Å². The number of benzene rings is 1. The monoisotopic (exact) mass is 422 g/mol. The van der Waals surface area contributed by atoms with Gasteiger partial charge in [-0.3, -0.25) is 14.0 Å². The van der Waals surface area contributed by atoms with Gasteiger partial charge in [-0.25, -0.2) is 4.68 Å². The Morgan fingerprint density at radius 1 is 1.19 bits per heavy atom. The minimum Gasteiger partial charge on any atom is -0.497 e. The lowest BCUT2D eigenvalue weighted by Gasteiger charge is -2.18. The molecule has 1 unspecified atom stereocenters. The van der Waals surface area contributed by atoms with Crippen LogP contribution in [0.4, 0.5) is 0 Å². The molecule has 8 nitrogen and oxygen atoms in total. The number of furan rings is 1. The maximum Gasteiger partial charge on any atom is 0.291 e. The number of hydrogen-bond donors (Lipinski definition) is 1. The van der Waals surface area contributed by atoms with Crippen molar-refractivity contribution >= 4 is 22.5 Å². The Bertz CT molecular complexity index is 1300. The zero-order chi connectivity index (χ0) is 22.1. The van der Waals surface area contributed by atoms with E-state index in [1.54, 1.807) is 13.2 Å². The Hall–Kier alpha value is -3.55. The lowest BCUT2D eigenvalue weighted by Crippen LogP contribution is -2.39. The van der Waals surface area contributed by atoms with Gasteiger partial charge in [-0.15, -0.1) is 0 Å². The summed E-state index contributed by atoms with van der Waals surface area (Å²) >= 11 is 0. The zero-order valence-corrected chi connectivity index (χ0v) is 18.1. The molecule has 0 spiro atoms. The normalized spacial score (nSPS) is 12.4. The van der Waals surface area contributed by atoms with Crippen molar-refractivity contribution in [2.45, 2.75) is 46.2 Å². The van der Waals surface area contributed by atoms with E-state index in [1.165, 1.54) is 4.68 Å². The van der Waals surface area contributed by atoms with E-state index in [2.05, 4.69) is 10.4 Å². The molecule has 1 amide bonds. The Labute approximate surface area is 179 Å². The number of ether oxygens (including phenoxy) is 1. The summed E-state index contributed by atoms with van der Waals surface area (Å²) in [4.78, 5) is 26.2. The molecule has 0 fully saturated rings. The summed E-state index contributed by atoms with van der Waals surface area (Å²) in [6.45, 7) is 6.07. The standard InChI is InChI=1S/C23H26N4O4/c1-5-17(22(28)24-13-15-7-9-16(30-4)10-8-15)27-23(29)19-12-20-18(11-14(3)31-20)26(19)21(6-2)25-27/h7-12,17H,5-6,13H2,1-4H3,(H,24,28). The number of nitrogens with zero attached hydrogens (tertiary/aromatic N) is 3. The van der Waals surface area contributed by atoms with E-state index in [0.717, 1.165) is 22.6 Å². The molecule has 4 rings (SSSR count). The summed E-state index contributed by atoms with van der Waals surface area (Å²) in [5.41, 5.74) is 2.55. The van der Waals surface area contributed by atoms with Gasteiger partial charge in [-0.05, 0) is 31.0 Å². The Morgan fingerprint density at radius 2 is 1.94 bits per heavy atom. The minimum absolute atomic E-state index is 0.245. The van der Waals surface area contributed by atoms with Crippen molar-refractivity contribution in [2.24, 2.45) is 0 Å². The molecule has 0 saturated carbocycles. The lowest BCUT2D eigenvalue weighted by atomic mass is 10.2. The van der Waals surface area contributed by atoms with Crippen LogP contribution in [-0.4, -0.2) is 27.2 Å². The molecule has 1 aromatic carbocycles. The molecule has 0 aliphatic heterocycles. The number of carbonyl (C=O) groups excluding carboxylic acids is 1. The van der Waals surface area contributed by atoms with Gasteiger partial charge in [0.15, 0.2) is 5.58 Å². The van der Waals surface area contributed by atoms with E-state index in [1.807, 2.05) is 55.5 Å². The maximum absolute atomic E-state index is 13.2. The van der Waals surface area contributed by atoms with Crippen molar-refractivity contribution in [2.75, 3.05) is 7.11 Å². The first-order valence-corrected chi connectivity index (χ1v) is 10.4. The molecule has 8 heteroatoms. The average molecular weight is 422 g/mol. The molecule has 1 atom stereocenters. The van der Waals surface area contributed by atoms with Crippen LogP contribution in [0.5, 0.6) is 5.75 Å². The Morgan fingerprint density at radius 3 is 2.58 bits per heavy atom. The van der Waals surface area contributed by atoms with Crippen LogP contribution in [0.25, 0.3) is 16.6 Å². The molecule has 3 heterocycles. The molecule has 162 valence electrons. The number of fused-ring (bicyclic) bond motifs is 3. The van der Waals surface area contributed by atoms with Gasteiger partial charge in [0.25, 0.3) is 5.56 Å². The molecule has 3 aromatic heterocycles. The number of rotatable bonds is 7. The first kappa shape index (κ1) is 20.7. The molecule has 4 aromatic rings. The number of aryl methyl sites for hydroxylation is 2. The molecule has 0 aliphatic rings. The van der Waals surface area contributed by atoms with Gasteiger partial charge in [0.2, 0.25) is 5.91 Å². The summed E-state index contributed by atoms with van der Waals surface area (Å²) in [6, 6.07) is 10.4. The summed E-state index contributed by atoms with van der Waals surface area (Å²) < 4.78 is 14.0. The second-order valence-electron chi connectivity index (χ2n) is 7.48. The third-order valence-electron chi connectivity index (χ3n) is 5.45. The first-order valence-electron chi connectivity index (χ1n) is 10.4. The number of amides is 1. The summed E-state index contributed by atoms with van der Waals surface area (Å²) in [5, 5.41) is 7.49. The fraction of sp³-hybridized carbons (Fsp3) is 0.348. The molecule has 0 saturated heterocycles. The van der Waals surface area contributed by atoms with Crippen molar-refractivity contribution in [3.05, 3.63) is 63.9 Å². The van der Waals surface area contributed by atoms with E-state index < -0.39 is 6.04 Å². The van der Waals surface area contributed by atoms with Crippen molar-refractivity contribution in [3.63, 3.8) is 0 Å². The summed E-state index contributed by atoms with van der Waals surface area (Å²) in [7, 11) is 1.61. The molecule has 0 aliphatic carbocycles. The van der Waals surface area contributed by atoms with Crippen LogP contribution in [0.15, 0.2) is 45.6 Å². The van der Waals surface area contributed by atoms with Crippen LogP contribution in [0.3, 0.4) is 0 Å². The van der Waals surface area contributed by atoms with Crippen LogP contribution < -0.4 is 15.6 Å². The number of aromatic nitrogens is 3. The zero-order valence-electron chi connectivity index (χ0n) is 18.1. The Balaban J connectivity index is 1.66. The van der Waals surface area contributed by atoms with Crippen molar-refractivity contribution in [1.82, 2.24) is 19.5 Å². The molecular formula is C23H26N4O4. The van der Waals surface area contributed by atoms with Crippen LogP contribution in [0, 0.1) is 6.92 Å². The molecule has 0 radical (unpaired) electrons. The van der Waals surface area contributed by atoms with Gasteiger partial charge in [0, 0.05) is 25.1 Å². The topological polar surface area (TPSA) is 90.8 Å². The molecule has 1 N–H and O–H groups in total. The van der Waals surface area contributed by atoms with Gasteiger partial charge < -0.3 is 14.5 Å². The number of nitrogens with one attached hydrogen (secondary N) is 1. The van der Waals surface area contributed by atoms with Crippen LogP contribution in [0.1, 0.15) is 43.5 Å². The summed E-state index contributed by atoms with van der Waals surface area (Å²) in [6.07, 6.45) is 1.05. The smallest absolute Gasteiger partial charge is 0.291 e. The van der Waals surface area contributed by atoms with Crippen LogP contribution >= 0.6 is 0 Å². The highest BCUT2D eigenvalue weighted by molar-refractivity contribution is 5.84. The van der Waals surface area contributed by atoms with Crippen LogP contribution in [0.2, 0.25) is 0 Å². The second kappa shape index (κ2) is 8.29. The predicted molar refractivity (Wildman–Crippen MR) is 118 cm³/mol. The van der Waals surface area contributed by atoms with E-state index in [0.29, 0.717) is 36.3 Å². The van der Waals surface area contributed by atoms with Gasteiger partial charge in [-0.2, -0.15) is 5.10 Å². The molecular weight excluding hydrogens is 396 g/mol. The van der Waals surface area contributed by atoms with Gasteiger partial charge in [0.1, 0.15) is 28.9 Å². The van der Waals surface area contributed by atoms with E-state index >= 15 is 0 Å². The Kier molecular flexibility index (Phi) is 5.54. The van der Waals surface area contributed by atoms with Gasteiger partial charge >= 0.3 is 0 Å². The molecule has 31 heavy (non-hydrogen) atoms. The lowest BCUT2D eigenvalue weighted by molar-refractivity contribution is -0.125. The van der Waals surface area contributed by atoms with Gasteiger partial charge in [-0.1, -0.05) is 26.0 Å². The third-order valence-corrected chi connectivity index (χ3v) is 5.45. The quantitative estimate of drug-likeness (QED) is 0.493. The number of methoxy groups -OCH3 is 1.